The summed E-state index contributed by atoms with van der Waals surface area (Å²) in [5, 5.41) is 9.46. The number of esters is 1. The zero-order valence-corrected chi connectivity index (χ0v) is 10.9. The van der Waals surface area contributed by atoms with Crippen LogP contribution in [-0.2, 0) is 19.6 Å². The van der Waals surface area contributed by atoms with Crippen molar-refractivity contribution in [3.8, 4) is 0 Å². The van der Waals surface area contributed by atoms with Gasteiger partial charge in [0.05, 0.1) is 12.5 Å². The summed E-state index contributed by atoms with van der Waals surface area (Å²) in [5.41, 5.74) is -2.61. The first-order chi connectivity index (χ1) is 7.64. The van der Waals surface area contributed by atoms with E-state index in [1.807, 2.05) is 6.92 Å². The molecule has 0 radical (unpaired) electrons. The second-order valence-corrected chi connectivity index (χ2v) is 6.41. The maximum atomic E-state index is 11.6. The molecule has 2 N–H and O–H groups in total. The minimum atomic E-state index is -4.55. The molecule has 1 rings (SSSR count). The lowest BCUT2D eigenvalue weighted by molar-refractivity contribution is -0.146. The van der Waals surface area contributed by atoms with E-state index in [4.69, 9.17) is 9.29 Å². The first kappa shape index (κ1) is 14.4. The lowest BCUT2D eigenvalue weighted by Crippen LogP contribution is -2.25. The highest BCUT2D eigenvalue weighted by Crippen LogP contribution is 2.61. The van der Waals surface area contributed by atoms with Crippen molar-refractivity contribution >= 4 is 16.1 Å². The Balaban J connectivity index is 2.75. The Hall–Kier alpha value is -0.660. The third-order valence-corrected chi connectivity index (χ3v) is 4.13. The Morgan fingerprint density at radius 3 is 2.41 bits per heavy atom. The van der Waals surface area contributed by atoms with Gasteiger partial charge in [0.15, 0.2) is 5.44 Å². The summed E-state index contributed by atoms with van der Waals surface area (Å²) in [4.78, 5) is 11.6. The molecule has 0 saturated heterocycles. The number of carbonyl (C=O) groups is 1. The highest BCUT2D eigenvalue weighted by atomic mass is 32.2. The predicted octanol–water partition coefficient (Wildman–Crippen LogP) is 0.418. The van der Waals surface area contributed by atoms with E-state index in [2.05, 4.69) is 0 Å². The van der Waals surface area contributed by atoms with Crippen molar-refractivity contribution < 1.29 is 27.6 Å². The summed E-state index contributed by atoms with van der Waals surface area (Å²) in [5.74, 6) is -2.03. The average molecular weight is 266 g/mol. The van der Waals surface area contributed by atoms with E-state index < -0.39 is 38.8 Å². The van der Waals surface area contributed by atoms with Crippen LogP contribution in [0.2, 0.25) is 0 Å². The molecule has 0 aromatic rings. The summed E-state index contributed by atoms with van der Waals surface area (Å²) in [7, 11) is -4.55. The van der Waals surface area contributed by atoms with Crippen LogP contribution in [0.4, 0.5) is 0 Å². The Labute approximate surface area is 101 Å². The molecule has 1 aliphatic rings. The normalized spacial score (nSPS) is 28.5. The van der Waals surface area contributed by atoms with Crippen molar-refractivity contribution in [2.24, 2.45) is 17.3 Å². The van der Waals surface area contributed by atoms with Crippen molar-refractivity contribution in [1.82, 2.24) is 0 Å². The molecule has 0 aromatic carbocycles. The van der Waals surface area contributed by atoms with Crippen molar-refractivity contribution in [2.45, 2.75) is 32.6 Å². The highest BCUT2D eigenvalue weighted by Gasteiger charge is 2.67. The molecular formula is C10H18O6S. The minimum Gasteiger partial charge on any atom is -0.465 e. The van der Waals surface area contributed by atoms with E-state index in [9.17, 15) is 18.3 Å². The Morgan fingerprint density at radius 1 is 1.47 bits per heavy atom. The highest BCUT2D eigenvalue weighted by molar-refractivity contribution is 7.86. The van der Waals surface area contributed by atoms with Gasteiger partial charge in [-0.05, 0) is 11.8 Å². The molecule has 0 bridgehead atoms. The number of hydrogen-bond acceptors (Lipinski definition) is 5. The van der Waals surface area contributed by atoms with E-state index >= 15 is 0 Å². The van der Waals surface area contributed by atoms with Crippen LogP contribution < -0.4 is 0 Å². The van der Waals surface area contributed by atoms with E-state index in [0.717, 1.165) is 0 Å². The third kappa shape index (κ3) is 2.78. The number of ether oxygens (including phenoxy) is 1. The van der Waals surface area contributed by atoms with Crippen molar-refractivity contribution in [2.75, 3.05) is 6.61 Å². The predicted molar refractivity (Wildman–Crippen MR) is 59.6 cm³/mol. The Morgan fingerprint density at radius 2 is 2.00 bits per heavy atom. The second kappa shape index (κ2) is 4.55. The molecule has 6 nitrogen and oxygen atoms in total. The van der Waals surface area contributed by atoms with Gasteiger partial charge in [-0.1, -0.05) is 20.8 Å². The number of hydrogen-bond donors (Lipinski definition) is 2. The molecule has 0 heterocycles. The Bertz CT molecular complexity index is 399. The quantitative estimate of drug-likeness (QED) is 0.552. The van der Waals surface area contributed by atoms with Crippen molar-refractivity contribution in [1.29, 1.82) is 0 Å². The monoisotopic (exact) mass is 266 g/mol. The fourth-order valence-electron chi connectivity index (χ4n) is 2.14. The largest absolute Gasteiger partial charge is 0.465 e. The summed E-state index contributed by atoms with van der Waals surface area (Å²) in [6.07, 6.45) is 0.671. The molecule has 1 saturated carbocycles. The molecule has 0 aliphatic heterocycles. The van der Waals surface area contributed by atoms with Gasteiger partial charge in [-0.25, -0.2) is 0 Å². The average Bonchev–Trinajstić information content (AvgIpc) is 2.75. The zero-order chi connectivity index (χ0) is 13.4. The molecule has 1 fully saturated rings. The molecule has 1 aliphatic carbocycles. The fraction of sp³-hybridized carbons (Fsp3) is 0.900. The van der Waals surface area contributed by atoms with Gasteiger partial charge in [-0.2, -0.15) is 8.42 Å². The summed E-state index contributed by atoms with van der Waals surface area (Å²) < 4.78 is 35.4. The fourth-order valence-corrected chi connectivity index (χ4v) is 3.02. The van der Waals surface area contributed by atoms with Gasteiger partial charge in [0.2, 0.25) is 0 Å². The minimum absolute atomic E-state index is 0.264. The van der Waals surface area contributed by atoms with Gasteiger partial charge in [0, 0.05) is 5.92 Å². The van der Waals surface area contributed by atoms with Crippen molar-refractivity contribution in [3.63, 3.8) is 0 Å². The molecule has 7 heteroatoms. The third-order valence-electron chi connectivity index (χ3n) is 3.23. The maximum Gasteiger partial charge on any atom is 0.309 e. The lowest BCUT2D eigenvalue weighted by atomic mass is 10.1. The lowest BCUT2D eigenvalue weighted by Gasteiger charge is -2.07. The number of aliphatic hydroxyl groups excluding tert-OH is 1. The van der Waals surface area contributed by atoms with Crippen LogP contribution in [0.15, 0.2) is 0 Å². The van der Waals surface area contributed by atoms with Gasteiger partial charge in [-0.3, -0.25) is 9.35 Å². The number of aliphatic hydroxyl groups is 1. The molecule has 0 amide bonds. The summed E-state index contributed by atoms with van der Waals surface area (Å²) in [6, 6.07) is 0. The van der Waals surface area contributed by atoms with Crippen LogP contribution in [0.1, 0.15) is 27.2 Å². The summed E-state index contributed by atoms with van der Waals surface area (Å²) >= 11 is 0. The summed E-state index contributed by atoms with van der Waals surface area (Å²) in [6.45, 7) is 5.42. The van der Waals surface area contributed by atoms with Crippen LogP contribution in [0.5, 0.6) is 0 Å². The topological polar surface area (TPSA) is 101 Å². The van der Waals surface area contributed by atoms with Gasteiger partial charge >= 0.3 is 5.97 Å². The SMILES string of the molecule is CCCOC(=O)[C@@H]1[C@@H](C(O)S(=O)(=O)O)C1(C)C. The van der Waals surface area contributed by atoms with Crippen LogP contribution >= 0.6 is 0 Å². The molecule has 0 aromatic heterocycles. The van der Waals surface area contributed by atoms with Crippen molar-refractivity contribution in [3.05, 3.63) is 0 Å². The van der Waals surface area contributed by atoms with Crippen LogP contribution in [0.25, 0.3) is 0 Å². The Kier molecular flexibility index (Phi) is 3.85. The van der Waals surface area contributed by atoms with Gasteiger partial charge in [0.1, 0.15) is 0 Å². The molecular weight excluding hydrogens is 248 g/mol. The molecule has 17 heavy (non-hydrogen) atoms. The van der Waals surface area contributed by atoms with E-state index in [1.54, 1.807) is 13.8 Å². The first-order valence-electron chi connectivity index (χ1n) is 5.45. The first-order valence-corrected chi connectivity index (χ1v) is 6.95. The van der Waals surface area contributed by atoms with E-state index in [1.165, 1.54) is 0 Å². The zero-order valence-electron chi connectivity index (χ0n) is 10.1. The van der Waals surface area contributed by atoms with Gasteiger partial charge in [0.25, 0.3) is 10.1 Å². The van der Waals surface area contributed by atoms with E-state index in [0.29, 0.717) is 6.42 Å². The second-order valence-electron chi connectivity index (χ2n) is 4.90. The smallest absolute Gasteiger partial charge is 0.309 e. The van der Waals surface area contributed by atoms with Crippen LogP contribution in [0.3, 0.4) is 0 Å². The van der Waals surface area contributed by atoms with Gasteiger partial charge < -0.3 is 9.84 Å². The molecule has 0 spiro atoms. The van der Waals surface area contributed by atoms with Crippen LogP contribution in [0, 0.1) is 17.3 Å². The number of rotatable bonds is 5. The van der Waals surface area contributed by atoms with E-state index in [-0.39, 0.29) is 6.61 Å². The maximum absolute atomic E-state index is 11.6. The molecule has 100 valence electrons. The number of carbonyl (C=O) groups excluding carboxylic acids is 1. The standard InChI is InChI=1S/C10H18O6S/c1-4-5-16-8(11)6-7(10(6,2)3)9(12)17(13,14)15/h6-7,9,12H,4-5H2,1-3H3,(H,13,14,15)/t6-,7-,9?/m0/s1. The van der Waals surface area contributed by atoms with Gasteiger partial charge in [-0.15, -0.1) is 0 Å². The van der Waals surface area contributed by atoms with Crippen LogP contribution in [-0.4, -0.2) is 36.1 Å². The molecule has 1 unspecified atom stereocenters. The molecule has 3 atom stereocenters.